The third kappa shape index (κ3) is 4.34. The number of aromatic amines is 1. The second-order valence-electron chi connectivity index (χ2n) is 8.08. The van der Waals surface area contributed by atoms with Crippen LogP contribution in [0.1, 0.15) is 26.5 Å². The summed E-state index contributed by atoms with van der Waals surface area (Å²) in [5.74, 6) is 1.93. The third-order valence-electron chi connectivity index (χ3n) is 4.63. The van der Waals surface area contributed by atoms with Gasteiger partial charge < -0.3 is 20.4 Å². The van der Waals surface area contributed by atoms with Gasteiger partial charge in [-0.25, -0.2) is 4.79 Å². The monoisotopic (exact) mass is 438 g/mol. The molecule has 0 unspecified atom stereocenters. The second kappa shape index (κ2) is 7.96. The number of hydrogen-bond acceptors (Lipinski definition) is 4. The number of amides is 2. The Kier molecular flexibility index (Phi) is 5.32. The van der Waals surface area contributed by atoms with Crippen LogP contribution in [0.25, 0.3) is 17.0 Å². The first-order valence-corrected chi connectivity index (χ1v) is 10.1. The van der Waals surface area contributed by atoms with Crippen molar-refractivity contribution in [3.8, 4) is 22.9 Å². The number of carbonyl (C=O) groups is 1. The molecule has 2 aromatic heterocycles. The van der Waals surface area contributed by atoms with E-state index in [1.807, 2.05) is 36.4 Å². The summed E-state index contributed by atoms with van der Waals surface area (Å²) < 4.78 is 7.44. The summed E-state index contributed by atoms with van der Waals surface area (Å²) in [5.41, 5.74) is 2.82. The van der Waals surface area contributed by atoms with Gasteiger partial charge in [0.25, 0.3) is 0 Å². The number of H-pyrrole nitrogens is 1. The molecular formula is C22H23ClN6O2. The molecule has 160 valence electrons. The van der Waals surface area contributed by atoms with Gasteiger partial charge in [-0.1, -0.05) is 38.4 Å². The number of anilines is 1. The van der Waals surface area contributed by atoms with E-state index in [0.29, 0.717) is 33.7 Å². The summed E-state index contributed by atoms with van der Waals surface area (Å²) in [7, 11) is 1.56. The van der Waals surface area contributed by atoms with Crippen molar-refractivity contribution >= 4 is 29.0 Å². The van der Waals surface area contributed by atoms with Gasteiger partial charge in [0.2, 0.25) is 0 Å². The molecule has 0 bridgehead atoms. The molecule has 0 saturated heterocycles. The van der Waals surface area contributed by atoms with Gasteiger partial charge in [-0.15, -0.1) is 9.73 Å². The Hall–Kier alpha value is -3.52. The Morgan fingerprint density at radius 2 is 1.84 bits per heavy atom. The molecule has 2 heterocycles. The average molecular weight is 439 g/mol. The van der Waals surface area contributed by atoms with Crippen molar-refractivity contribution in [2.45, 2.75) is 26.2 Å². The minimum atomic E-state index is -0.291. The van der Waals surface area contributed by atoms with Crippen LogP contribution in [0.2, 0.25) is 5.02 Å². The van der Waals surface area contributed by atoms with Crippen molar-refractivity contribution in [1.82, 2.24) is 25.1 Å². The van der Waals surface area contributed by atoms with Crippen LogP contribution in [0, 0.1) is 0 Å². The molecule has 0 fully saturated rings. The number of urea groups is 1. The van der Waals surface area contributed by atoms with E-state index in [1.54, 1.807) is 19.2 Å². The molecule has 0 radical (unpaired) electrons. The number of hydrogen-bond donors (Lipinski definition) is 3. The number of halogens is 1. The standard InChI is InChI=1S/C22H23ClN6O2/c1-22(2,3)18-17(23)20-26-19(28-29(20)27-18)13-8-10-15(11-9-13)31-16-7-5-6-14(12-16)25-21(30)24-4/h5-12H,1-4H3,(H,26,28)(H2,24,25,30). The Morgan fingerprint density at radius 1 is 1.10 bits per heavy atom. The summed E-state index contributed by atoms with van der Waals surface area (Å²) in [6.45, 7) is 6.18. The van der Waals surface area contributed by atoms with Gasteiger partial charge in [-0.05, 0) is 36.4 Å². The predicted molar refractivity (Wildman–Crippen MR) is 121 cm³/mol. The third-order valence-corrected chi connectivity index (χ3v) is 4.99. The van der Waals surface area contributed by atoms with Crippen LogP contribution >= 0.6 is 11.6 Å². The lowest BCUT2D eigenvalue weighted by Gasteiger charge is -2.14. The molecule has 4 rings (SSSR count). The van der Waals surface area contributed by atoms with Crippen molar-refractivity contribution in [2.24, 2.45) is 0 Å². The summed E-state index contributed by atoms with van der Waals surface area (Å²) in [5, 5.41) is 14.8. The normalized spacial score (nSPS) is 11.5. The topological polar surface area (TPSA) is 96.3 Å². The molecule has 2 aromatic carbocycles. The fourth-order valence-corrected chi connectivity index (χ4v) is 3.50. The van der Waals surface area contributed by atoms with Crippen LogP contribution in [0.3, 0.4) is 0 Å². The highest BCUT2D eigenvalue weighted by Gasteiger charge is 2.25. The van der Waals surface area contributed by atoms with Gasteiger partial charge in [-0.2, -0.15) is 5.10 Å². The molecule has 9 heteroatoms. The van der Waals surface area contributed by atoms with Crippen molar-refractivity contribution in [1.29, 1.82) is 0 Å². The number of nitrogens with zero attached hydrogens (tertiary/aromatic N) is 3. The minimum absolute atomic E-state index is 0.169. The van der Waals surface area contributed by atoms with Crippen molar-refractivity contribution < 1.29 is 9.53 Å². The van der Waals surface area contributed by atoms with Crippen LogP contribution in [0.15, 0.2) is 48.5 Å². The molecule has 0 spiro atoms. The van der Waals surface area contributed by atoms with Gasteiger partial charge in [0.05, 0.1) is 5.69 Å². The highest BCUT2D eigenvalue weighted by molar-refractivity contribution is 6.34. The summed E-state index contributed by atoms with van der Waals surface area (Å²) in [4.78, 5) is 14.7. The Balaban J connectivity index is 1.52. The van der Waals surface area contributed by atoms with E-state index in [9.17, 15) is 4.79 Å². The fourth-order valence-electron chi connectivity index (χ4n) is 3.05. The molecule has 4 aromatic rings. The van der Waals surface area contributed by atoms with E-state index in [-0.39, 0.29) is 11.4 Å². The number of aromatic nitrogens is 4. The Morgan fingerprint density at radius 3 is 2.48 bits per heavy atom. The van der Waals surface area contributed by atoms with E-state index < -0.39 is 0 Å². The lowest BCUT2D eigenvalue weighted by Crippen LogP contribution is -2.24. The lowest BCUT2D eigenvalue weighted by molar-refractivity contribution is 0.254. The first kappa shape index (κ1) is 20.7. The number of fused-ring (bicyclic) bond motifs is 1. The molecule has 2 amide bonds. The van der Waals surface area contributed by atoms with Crippen LogP contribution in [0.4, 0.5) is 10.5 Å². The smallest absolute Gasteiger partial charge is 0.318 e. The Bertz CT molecular complexity index is 1240. The maximum absolute atomic E-state index is 11.5. The number of benzene rings is 2. The zero-order valence-corrected chi connectivity index (χ0v) is 18.4. The number of carbonyl (C=O) groups excluding carboxylic acids is 1. The van der Waals surface area contributed by atoms with Crippen molar-refractivity contribution in [2.75, 3.05) is 12.4 Å². The highest BCUT2D eigenvalue weighted by atomic mass is 35.5. The van der Waals surface area contributed by atoms with Crippen LogP contribution < -0.4 is 15.4 Å². The zero-order chi connectivity index (χ0) is 22.2. The second-order valence-corrected chi connectivity index (χ2v) is 8.46. The number of nitrogens with one attached hydrogen (secondary N) is 3. The van der Waals surface area contributed by atoms with Crippen molar-refractivity contribution in [3.05, 3.63) is 59.2 Å². The molecule has 8 nitrogen and oxygen atoms in total. The molecule has 31 heavy (non-hydrogen) atoms. The van der Waals surface area contributed by atoms with E-state index in [0.717, 1.165) is 11.3 Å². The summed E-state index contributed by atoms with van der Waals surface area (Å²) in [6.07, 6.45) is 0. The molecular weight excluding hydrogens is 416 g/mol. The maximum atomic E-state index is 11.5. The van der Waals surface area contributed by atoms with E-state index >= 15 is 0 Å². The van der Waals surface area contributed by atoms with E-state index in [4.69, 9.17) is 16.3 Å². The number of rotatable bonds is 4. The molecule has 0 aliphatic rings. The van der Waals surface area contributed by atoms with E-state index in [2.05, 4.69) is 46.6 Å². The zero-order valence-electron chi connectivity index (χ0n) is 17.7. The largest absolute Gasteiger partial charge is 0.457 e. The fraction of sp³-hybridized carbons (Fsp3) is 0.227. The molecule has 0 saturated carbocycles. The van der Waals surface area contributed by atoms with Crippen LogP contribution in [0.5, 0.6) is 11.5 Å². The van der Waals surface area contributed by atoms with Gasteiger partial charge in [0, 0.05) is 29.8 Å². The first-order valence-electron chi connectivity index (χ1n) is 9.76. The van der Waals surface area contributed by atoms with E-state index in [1.165, 1.54) is 4.63 Å². The first-order chi connectivity index (χ1) is 14.7. The highest BCUT2D eigenvalue weighted by Crippen LogP contribution is 2.32. The van der Waals surface area contributed by atoms with Crippen LogP contribution in [-0.2, 0) is 5.41 Å². The van der Waals surface area contributed by atoms with Gasteiger partial charge in [0.15, 0.2) is 11.5 Å². The molecule has 3 N–H and O–H groups in total. The van der Waals surface area contributed by atoms with Crippen LogP contribution in [-0.4, -0.2) is 32.9 Å². The predicted octanol–water partition coefficient (Wildman–Crippen LogP) is 5.22. The molecule has 0 aliphatic heterocycles. The van der Waals surface area contributed by atoms with Gasteiger partial charge in [0.1, 0.15) is 16.5 Å². The van der Waals surface area contributed by atoms with Gasteiger partial charge in [-0.3, -0.25) is 0 Å². The lowest BCUT2D eigenvalue weighted by atomic mass is 9.92. The Labute approximate surface area is 184 Å². The molecule has 0 aliphatic carbocycles. The SMILES string of the molecule is CNC(=O)Nc1cccc(Oc2ccc(-c3nn4nc(C(C)(C)C)c(Cl)c4[nH]3)cc2)c1. The number of ether oxygens (including phenoxy) is 1. The average Bonchev–Trinajstić information content (AvgIpc) is 3.28. The molecule has 0 atom stereocenters. The maximum Gasteiger partial charge on any atom is 0.318 e. The summed E-state index contributed by atoms with van der Waals surface area (Å²) >= 11 is 6.51. The summed E-state index contributed by atoms with van der Waals surface area (Å²) in [6, 6.07) is 14.4. The van der Waals surface area contributed by atoms with Gasteiger partial charge >= 0.3 is 6.03 Å². The van der Waals surface area contributed by atoms with Crippen molar-refractivity contribution in [3.63, 3.8) is 0 Å². The minimum Gasteiger partial charge on any atom is -0.457 e. The quantitative estimate of drug-likeness (QED) is 0.407.